The van der Waals surface area contributed by atoms with E-state index in [-0.39, 0.29) is 6.10 Å². The Hall–Kier alpha value is -4.45. The van der Waals surface area contributed by atoms with Crippen molar-refractivity contribution in [3.63, 3.8) is 0 Å². The summed E-state index contributed by atoms with van der Waals surface area (Å²) in [6.45, 7) is 1.85. The SMILES string of the molecule is C[C@@H](OC(=O)Nc1c(-c2ccc(-c3ccc(C4CC4)cc3)cc2)nc2cnccn12)c1ccccc1. The molecule has 0 bridgehead atoms. The van der Waals surface area contributed by atoms with Crippen LogP contribution in [0.25, 0.3) is 28.0 Å². The van der Waals surface area contributed by atoms with Gasteiger partial charge in [-0.15, -0.1) is 0 Å². The highest BCUT2D eigenvalue weighted by molar-refractivity contribution is 5.90. The highest BCUT2D eigenvalue weighted by Crippen LogP contribution is 2.40. The molecule has 0 unspecified atom stereocenters. The highest BCUT2D eigenvalue weighted by Gasteiger charge is 2.23. The summed E-state index contributed by atoms with van der Waals surface area (Å²) >= 11 is 0. The first kappa shape index (κ1) is 22.0. The molecule has 5 aromatic rings. The van der Waals surface area contributed by atoms with Crippen molar-refractivity contribution in [3.05, 3.63) is 109 Å². The molecule has 1 amide bonds. The molecule has 1 aliphatic rings. The van der Waals surface area contributed by atoms with Gasteiger partial charge in [-0.1, -0.05) is 78.9 Å². The number of rotatable bonds is 6. The minimum atomic E-state index is -0.543. The number of hydrogen-bond acceptors (Lipinski definition) is 4. The minimum absolute atomic E-state index is 0.388. The van der Waals surface area contributed by atoms with Gasteiger partial charge in [0.1, 0.15) is 17.6 Å². The Morgan fingerprint density at radius 3 is 2.31 bits per heavy atom. The number of carbonyl (C=O) groups is 1. The molecule has 1 atom stereocenters. The molecule has 6 rings (SSSR count). The van der Waals surface area contributed by atoms with Crippen molar-refractivity contribution in [2.75, 3.05) is 5.32 Å². The van der Waals surface area contributed by atoms with Crippen LogP contribution in [-0.2, 0) is 4.74 Å². The number of aromatic nitrogens is 3. The fourth-order valence-corrected chi connectivity index (χ4v) is 4.49. The summed E-state index contributed by atoms with van der Waals surface area (Å²) in [7, 11) is 0. The zero-order chi connectivity index (χ0) is 24.5. The lowest BCUT2D eigenvalue weighted by Crippen LogP contribution is -2.17. The average molecular weight is 475 g/mol. The summed E-state index contributed by atoms with van der Waals surface area (Å²) in [5.74, 6) is 1.29. The maximum absolute atomic E-state index is 12.9. The molecule has 36 heavy (non-hydrogen) atoms. The Bertz CT molecular complexity index is 1500. The summed E-state index contributed by atoms with van der Waals surface area (Å²) in [4.78, 5) is 21.8. The molecule has 0 saturated heterocycles. The van der Waals surface area contributed by atoms with Gasteiger partial charge in [0.2, 0.25) is 0 Å². The van der Waals surface area contributed by atoms with E-state index in [9.17, 15) is 4.79 Å². The normalized spacial score (nSPS) is 13.9. The predicted molar refractivity (Wildman–Crippen MR) is 141 cm³/mol. The Labute approximate surface area is 209 Å². The van der Waals surface area contributed by atoms with Crippen LogP contribution in [0, 0.1) is 0 Å². The molecule has 1 aliphatic carbocycles. The van der Waals surface area contributed by atoms with Gasteiger partial charge in [-0.2, -0.15) is 0 Å². The van der Waals surface area contributed by atoms with E-state index in [4.69, 9.17) is 9.72 Å². The molecule has 2 aromatic heterocycles. The summed E-state index contributed by atoms with van der Waals surface area (Å²) in [6.07, 6.45) is 6.78. The van der Waals surface area contributed by atoms with Crippen molar-refractivity contribution in [2.45, 2.75) is 31.8 Å². The summed E-state index contributed by atoms with van der Waals surface area (Å²) < 4.78 is 7.46. The average Bonchev–Trinajstić information content (AvgIpc) is 3.72. The Balaban J connectivity index is 1.27. The quantitative estimate of drug-likeness (QED) is 0.281. The maximum atomic E-state index is 12.9. The van der Waals surface area contributed by atoms with E-state index in [0.717, 1.165) is 22.6 Å². The van der Waals surface area contributed by atoms with Gasteiger partial charge >= 0.3 is 6.09 Å². The van der Waals surface area contributed by atoms with Crippen LogP contribution >= 0.6 is 0 Å². The molecule has 3 aromatic carbocycles. The molecule has 6 heteroatoms. The largest absolute Gasteiger partial charge is 0.441 e. The summed E-state index contributed by atoms with van der Waals surface area (Å²) in [5.41, 5.74) is 6.86. The number of benzene rings is 3. The van der Waals surface area contributed by atoms with Crippen LogP contribution in [0.5, 0.6) is 0 Å². The second kappa shape index (κ2) is 9.30. The lowest BCUT2D eigenvalue weighted by molar-refractivity contribution is 0.121. The van der Waals surface area contributed by atoms with E-state index in [1.807, 2.05) is 49.4 Å². The molecule has 1 fully saturated rings. The molecule has 0 aliphatic heterocycles. The molecule has 2 heterocycles. The van der Waals surface area contributed by atoms with Crippen molar-refractivity contribution in [1.82, 2.24) is 14.4 Å². The maximum Gasteiger partial charge on any atom is 0.413 e. The standard InChI is InChI=1S/C30H26N4O2/c1-20(21-5-3-2-4-6-21)36-30(35)33-29-28(32-27-19-31-17-18-34(27)29)26-15-13-25(14-16-26)24-11-9-23(10-12-24)22-7-8-22/h2-6,9-20,22H,7-8H2,1H3,(H,33,35)/t20-/m1/s1. The second-order valence-corrected chi connectivity index (χ2v) is 9.17. The number of carbonyl (C=O) groups excluding carboxylic acids is 1. The van der Waals surface area contributed by atoms with Crippen LogP contribution in [0.3, 0.4) is 0 Å². The fourth-order valence-electron chi connectivity index (χ4n) is 4.49. The molecule has 0 spiro atoms. The van der Waals surface area contributed by atoms with E-state index in [0.29, 0.717) is 17.2 Å². The molecule has 1 N–H and O–H groups in total. The Kier molecular flexibility index (Phi) is 5.70. The number of anilines is 1. The first-order valence-electron chi connectivity index (χ1n) is 12.2. The number of amides is 1. The first-order chi connectivity index (χ1) is 17.7. The number of hydrogen-bond donors (Lipinski definition) is 1. The Morgan fingerprint density at radius 1 is 0.944 bits per heavy atom. The second-order valence-electron chi connectivity index (χ2n) is 9.17. The van der Waals surface area contributed by atoms with Crippen molar-refractivity contribution >= 4 is 17.6 Å². The fraction of sp³-hybridized carbons (Fsp3) is 0.167. The number of nitrogens with zero attached hydrogens (tertiary/aromatic N) is 3. The predicted octanol–water partition coefficient (Wildman–Crippen LogP) is 7.25. The van der Waals surface area contributed by atoms with E-state index < -0.39 is 6.09 Å². The van der Waals surface area contributed by atoms with E-state index in [1.54, 1.807) is 23.0 Å². The van der Waals surface area contributed by atoms with Crippen molar-refractivity contribution < 1.29 is 9.53 Å². The number of fused-ring (bicyclic) bond motifs is 1. The molecule has 0 radical (unpaired) electrons. The van der Waals surface area contributed by atoms with E-state index in [1.165, 1.54) is 24.0 Å². The van der Waals surface area contributed by atoms with E-state index >= 15 is 0 Å². The van der Waals surface area contributed by atoms with Gasteiger partial charge in [-0.3, -0.25) is 14.7 Å². The minimum Gasteiger partial charge on any atom is -0.441 e. The van der Waals surface area contributed by atoms with Crippen molar-refractivity contribution in [3.8, 4) is 22.4 Å². The Morgan fingerprint density at radius 2 is 1.61 bits per heavy atom. The van der Waals surface area contributed by atoms with Gasteiger partial charge in [0.15, 0.2) is 5.65 Å². The van der Waals surface area contributed by atoms with Gasteiger partial charge in [-0.05, 0) is 47.9 Å². The summed E-state index contributed by atoms with van der Waals surface area (Å²) in [6, 6.07) is 26.7. The molecule has 1 saturated carbocycles. The van der Waals surface area contributed by atoms with Gasteiger partial charge in [0.05, 0.1) is 6.20 Å². The lowest BCUT2D eigenvalue weighted by atomic mass is 10.0. The molecular formula is C30H26N4O2. The van der Waals surface area contributed by atoms with Crippen LogP contribution in [-0.4, -0.2) is 20.5 Å². The first-order valence-corrected chi connectivity index (χ1v) is 12.2. The van der Waals surface area contributed by atoms with Crippen LogP contribution in [0.15, 0.2) is 97.5 Å². The zero-order valence-electron chi connectivity index (χ0n) is 20.0. The van der Waals surface area contributed by atoms with Gasteiger partial charge in [-0.25, -0.2) is 9.78 Å². The summed E-state index contributed by atoms with van der Waals surface area (Å²) in [5, 5.41) is 2.91. The number of ether oxygens (including phenoxy) is 1. The van der Waals surface area contributed by atoms with Crippen LogP contribution in [0.4, 0.5) is 10.6 Å². The van der Waals surface area contributed by atoms with Crippen LogP contribution in [0.2, 0.25) is 0 Å². The monoisotopic (exact) mass is 474 g/mol. The van der Waals surface area contributed by atoms with Crippen molar-refractivity contribution in [2.24, 2.45) is 0 Å². The number of nitrogens with one attached hydrogen (secondary N) is 1. The lowest BCUT2D eigenvalue weighted by Gasteiger charge is -2.14. The third kappa shape index (κ3) is 4.45. The smallest absolute Gasteiger partial charge is 0.413 e. The molecule has 178 valence electrons. The van der Waals surface area contributed by atoms with Crippen molar-refractivity contribution in [1.29, 1.82) is 0 Å². The molecular weight excluding hydrogens is 448 g/mol. The number of imidazole rings is 1. The van der Waals surface area contributed by atoms with Gasteiger partial charge in [0, 0.05) is 18.0 Å². The highest BCUT2D eigenvalue weighted by atomic mass is 16.6. The topological polar surface area (TPSA) is 68.5 Å². The molecule has 6 nitrogen and oxygen atoms in total. The van der Waals surface area contributed by atoms with Crippen LogP contribution < -0.4 is 5.32 Å². The van der Waals surface area contributed by atoms with Crippen LogP contribution in [0.1, 0.15) is 42.9 Å². The zero-order valence-corrected chi connectivity index (χ0v) is 20.0. The third-order valence-electron chi connectivity index (χ3n) is 6.65. The van der Waals surface area contributed by atoms with Gasteiger partial charge < -0.3 is 4.74 Å². The van der Waals surface area contributed by atoms with E-state index in [2.05, 4.69) is 46.7 Å². The third-order valence-corrected chi connectivity index (χ3v) is 6.65. The van der Waals surface area contributed by atoms with Gasteiger partial charge in [0.25, 0.3) is 0 Å².